The van der Waals surface area contributed by atoms with Crippen molar-refractivity contribution >= 4 is 11.6 Å². The van der Waals surface area contributed by atoms with E-state index in [0.29, 0.717) is 17.0 Å². The summed E-state index contributed by atoms with van der Waals surface area (Å²) in [4.78, 5) is 12.7. The van der Waals surface area contributed by atoms with Gasteiger partial charge < -0.3 is 10.1 Å². The molecule has 0 saturated heterocycles. The largest absolute Gasteiger partial charge is 0.495 e. The van der Waals surface area contributed by atoms with Gasteiger partial charge in [0.15, 0.2) is 0 Å². The molecule has 120 valence electrons. The molecular weight excluding hydrogens is 298 g/mol. The molecule has 3 nitrogen and oxygen atoms in total. The summed E-state index contributed by atoms with van der Waals surface area (Å²) in [5.74, 6) is 0.512. The summed E-state index contributed by atoms with van der Waals surface area (Å²) in [7, 11) is 1.59. The number of carbonyl (C=O) groups is 1. The second kappa shape index (κ2) is 7.47. The molecule has 3 aromatic rings. The fourth-order valence-corrected chi connectivity index (χ4v) is 2.65. The van der Waals surface area contributed by atoms with E-state index in [1.54, 1.807) is 7.11 Å². The van der Waals surface area contributed by atoms with Crippen LogP contribution in [0.4, 0.5) is 5.69 Å². The molecule has 0 radical (unpaired) electrons. The van der Waals surface area contributed by atoms with Gasteiger partial charge in [-0.15, -0.1) is 0 Å². The van der Waals surface area contributed by atoms with Gasteiger partial charge in [0.05, 0.1) is 12.8 Å². The lowest BCUT2D eigenvalue weighted by atomic mass is 9.99. The third-order valence-corrected chi connectivity index (χ3v) is 3.85. The fourth-order valence-electron chi connectivity index (χ4n) is 2.65. The lowest BCUT2D eigenvalue weighted by Crippen LogP contribution is -2.15. The van der Waals surface area contributed by atoms with E-state index < -0.39 is 0 Å². The molecular formula is C21H19NO2. The first kappa shape index (κ1) is 15.8. The smallest absolute Gasteiger partial charge is 0.256 e. The lowest BCUT2D eigenvalue weighted by molar-refractivity contribution is 0.102. The van der Waals surface area contributed by atoms with E-state index in [1.807, 2.05) is 66.7 Å². The molecule has 1 N–H and O–H groups in total. The Hall–Kier alpha value is -3.07. The minimum absolute atomic E-state index is 0.133. The van der Waals surface area contributed by atoms with Crippen molar-refractivity contribution in [1.29, 1.82) is 0 Å². The number of anilines is 1. The molecule has 0 aliphatic rings. The minimum Gasteiger partial charge on any atom is -0.495 e. The van der Waals surface area contributed by atoms with Crippen molar-refractivity contribution in [3.8, 4) is 5.75 Å². The third-order valence-electron chi connectivity index (χ3n) is 3.85. The van der Waals surface area contributed by atoms with Crippen LogP contribution in [0.5, 0.6) is 5.75 Å². The van der Waals surface area contributed by atoms with Crippen molar-refractivity contribution < 1.29 is 9.53 Å². The SMILES string of the molecule is COc1ccccc1NC(=O)c1ccccc1Cc1ccccc1. The zero-order chi connectivity index (χ0) is 16.8. The average Bonchev–Trinajstić information content (AvgIpc) is 2.63. The van der Waals surface area contributed by atoms with Crippen LogP contribution in [0.3, 0.4) is 0 Å². The first-order chi connectivity index (χ1) is 11.8. The number of hydrogen-bond acceptors (Lipinski definition) is 2. The van der Waals surface area contributed by atoms with Gasteiger partial charge in [-0.05, 0) is 35.7 Å². The monoisotopic (exact) mass is 317 g/mol. The minimum atomic E-state index is -0.133. The zero-order valence-electron chi connectivity index (χ0n) is 13.5. The Bertz CT molecular complexity index is 828. The van der Waals surface area contributed by atoms with Gasteiger partial charge in [-0.25, -0.2) is 0 Å². The van der Waals surface area contributed by atoms with Crippen molar-refractivity contribution in [2.24, 2.45) is 0 Å². The highest BCUT2D eigenvalue weighted by Gasteiger charge is 2.13. The number of rotatable bonds is 5. The van der Waals surface area contributed by atoms with E-state index >= 15 is 0 Å². The molecule has 0 fully saturated rings. The van der Waals surface area contributed by atoms with E-state index in [0.717, 1.165) is 12.0 Å². The van der Waals surface area contributed by atoms with Gasteiger partial charge in [0.25, 0.3) is 5.91 Å². The number of hydrogen-bond donors (Lipinski definition) is 1. The summed E-state index contributed by atoms with van der Waals surface area (Å²) in [5.41, 5.74) is 3.51. The van der Waals surface area contributed by atoms with Crippen molar-refractivity contribution in [2.75, 3.05) is 12.4 Å². The van der Waals surface area contributed by atoms with Gasteiger partial charge >= 0.3 is 0 Å². The number of para-hydroxylation sites is 2. The second-order valence-corrected chi connectivity index (χ2v) is 5.47. The van der Waals surface area contributed by atoms with Crippen LogP contribution in [-0.2, 0) is 6.42 Å². The number of ether oxygens (including phenoxy) is 1. The number of nitrogens with one attached hydrogen (secondary N) is 1. The van der Waals surface area contributed by atoms with Crippen LogP contribution in [0.2, 0.25) is 0 Å². The number of amides is 1. The van der Waals surface area contributed by atoms with Crippen molar-refractivity contribution in [2.45, 2.75) is 6.42 Å². The topological polar surface area (TPSA) is 38.3 Å². The van der Waals surface area contributed by atoms with Crippen LogP contribution in [0, 0.1) is 0 Å². The zero-order valence-corrected chi connectivity index (χ0v) is 13.5. The maximum Gasteiger partial charge on any atom is 0.256 e. The number of methoxy groups -OCH3 is 1. The van der Waals surface area contributed by atoms with E-state index in [4.69, 9.17) is 4.74 Å². The molecule has 0 aliphatic carbocycles. The van der Waals surface area contributed by atoms with Crippen LogP contribution in [0.15, 0.2) is 78.9 Å². The van der Waals surface area contributed by atoms with Gasteiger partial charge in [-0.3, -0.25) is 4.79 Å². The summed E-state index contributed by atoms with van der Waals surface area (Å²) in [6.07, 6.45) is 0.719. The van der Waals surface area contributed by atoms with Gasteiger partial charge in [-0.1, -0.05) is 60.7 Å². The molecule has 0 aromatic heterocycles. The Balaban J connectivity index is 1.85. The Morgan fingerprint density at radius 3 is 2.33 bits per heavy atom. The lowest BCUT2D eigenvalue weighted by Gasteiger charge is -2.12. The fraction of sp³-hybridized carbons (Fsp3) is 0.0952. The first-order valence-electron chi connectivity index (χ1n) is 7.84. The van der Waals surface area contributed by atoms with Crippen molar-refractivity contribution in [3.63, 3.8) is 0 Å². The molecule has 3 heteroatoms. The summed E-state index contributed by atoms with van der Waals surface area (Å²) < 4.78 is 5.29. The normalized spacial score (nSPS) is 10.2. The first-order valence-corrected chi connectivity index (χ1v) is 7.84. The molecule has 0 spiro atoms. The molecule has 0 unspecified atom stereocenters. The number of benzene rings is 3. The molecule has 24 heavy (non-hydrogen) atoms. The van der Waals surface area contributed by atoms with Gasteiger partial charge in [0.1, 0.15) is 5.75 Å². The molecule has 0 atom stereocenters. The van der Waals surface area contributed by atoms with E-state index in [2.05, 4.69) is 17.4 Å². The predicted octanol–water partition coefficient (Wildman–Crippen LogP) is 4.54. The molecule has 3 rings (SSSR count). The molecule has 0 saturated carbocycles. The van der Waals surface area contributed by atoms with Crippen molar-refractivity contribution in [3.05, 3.63) is 95.6 Å². The average molecular weight is 317 g/mol. The summed E-state index contributed by atoms with van der Waals surface area (Å²) in [5, 5.41) is 2.94. The van der Waals surface area contributed by atoms with Crippen LogP contribution < -0.4 is 10.1 Å². The second-order valence-electron chi connectivity index (χ2n) is 5.47. The maximum absolute atomic E-state index is 12.7. The Morgan fingerprint density at radius 2 is 1.54 bits per heavy atom. The maximum atomic E-state index is 12.7. The highest BCUT2D eigenvalue weighted by molar-refractivity contribution is 6.06. The molecule has 1 amide bonds. The van der Waals surface area contributed by atoms with E-state index in [-0.39, 0.29) is 5.91 Å². The van der Waals surface area contributed by atoms with Crippen molar-refractivity contribution in [1.82, 2.24) is 0 Å². The van der Waals surface area contributed by atoms with Crippen LogP contribution in [0.25, 0.3) is 0 Å². The van der Waals surface area contributed by atoms with Gasteiger partial charge in [0.2, 0.25) is 0 Å². The Labute approximate surface area is 141 Å². The Morgan fingerprint density at radius 1 is 0.875 bits per heavy atom. The summed E-state index contributed by atoms with van der Waals surface area (Å²) >= 11 is 0. The highest BCUT2D eigenvalue weighted by atomic mass is 16.5. The standard InChI is InChI=1S/C21H19NO2/c1-24-20-14-8-7-13-19(20)22-21(23)18-12-6-5-11-17(18)15-16-9-3-2-4-10-16/h2-14H,15H2,1H3,(H,22,23). The molecule has 3 aromatic carbocycles. The quantitative estimate of drug-likeness (QED) is 0.750. The summed E-state index contributed by atoms with van der Waals surface area (Å²) in [6.45, 7) is 0. The van der Waals surface area contributed by atoms with Crippen LogP contribution in [0.1, 0.15) is 21.5 Å². The van der Waals surface area contributed by atoms with Crippen LogP contribution >= 0.6 is 0 Å². The van der Waals surface area contributed by atoms with Crippen LogP contribution in [-0.4, -0.2) is 13.0 Å². The van der Waals surface area contributed by atoms with Gasteiger partial charge in [-0.2, -0.15) is 0 Å². The number of carbonyl (C=O) groups excluding carboxylic acids is 1. The van der Waals surface area contributed by atoms with Gasteiger partial charge in [0, 0.05) is 5.56 Å². The van der Waals surface area contributed by atoms with E-state index in [9.17, 15) is 4.79 Å². The molecule has 0 heterocycles. The molecule has 0 bridgehead atoms. The highest BCUT2D eigenvalue weighted by Crippen LogP contribution is 2.24. The summed E-state index contributed by atoms with van der Waals surface area (Å²) in [6, 6.07) is 25.2. The molecule has 0 aliphatic heterocycles. The third kappa shape index (κ3) is 3.63. The van der Waals surface area contributed by atoms with E-state index in [1.165, 1.54) is 5.56 Å². The Kier molecular flexibility index (Phi) is 4.92. The predicted molar refractivity (Wildman–Crippen MR) is 96.6 cm³/mol.